The summed E-state index contributed by atoms with van der Waals surface area (Å²) in [5, 5.41) is 2.59. The van der Waals surface area contributed by atoms with Crippen LogP contribution in [0.15, 0.2) is 36.7 Å². The van der Waals surface area contributed by atoms with E-state index in [1.54, 1.807) is 18.3 Å². The van der Waals surface area contributed by atoms with Gasteiger partial charge in [0.05, 0.1) is 24.5 Å². The van der Waals surface area contributed by atoms with E-state index in [0.717, 1.165) is 5.56 Å². The predicted molar refractivity (Wildman–Crippen MR) is 102 cm³/mol. The van der Waals surface area contributed by atoms with Gasteiger partial charge in [-0.25, -0.2) is 9.18 Å². The average Bonchev–Trinajstić information content (AvgIpc) is 3.08. The molecule has 2 aliphatic heterocycles. The fourth-order valence-corrected chi connectivity index (χ4v) is 3.52. The molecular weight excluding hydrogens is 379 g/mol. The molecule has 3 amide bonds. The number of aromatic nitrogens is 1. The van der Waals surface area contributed by atoms with E-state index in [2.05, 4.69) is 10.3 Å². The van der Waals surface area contributed by atoms with E-state index in [9.17, 15) is 18.8 Å². The van der Waals surface area contributed by atoms with Crippen molar-refractivity contribution in [1.29, 1.82) is 0 Å². The minimum atomic E-state index is -0.608. The number of amides is 3. The smallest absolute Gasteiger partial charge is 0.414 e. The van der Waals surface area contributed by atoms with Crippen molar-refractivity contribution in [3.05, 3.63) is 53.6 Å². The Balaban J connectivity index is 1.53. The summed E-state index contributed by atoms with van der Waals surface area (Å²) < 4.78 is 20.1. The van der Waals surface area contributed by atoms with Crippen LogP contribution in [0.4, 0.5) is 20.6 Å². The second-order valence-electron chi connectivity index (χ2n) is 6.93. The zero-order valence-corrected chi connectivity index (χ0v) is 15.7. The van der Waals surface area contributed by atoms with Crippen molar-refractivity contribution in [3.8, 4) is 0 Å². The van der Waals surface area contributed by atoms with E-state index in [1.807, 2.05) is 0 Å². The number of ether oxygens (including phenoxy) is 1. The van der Waals surface area contributed by atoms with Gasteiger partial charge in [0.1, 0.15) is 11.9 Å². The molecule has 0 radical (unpaired) electrons. The molecule has 4 rings (SSSR count). The fourth-order valence-electron chi connectivity index (χ4n) is 3.52. The van der Waals surface area contributed by atoms with Crippen molar-refractivity contribution in [2.45, 2.75) is 19.4 Å². The summed E-state index contributed by atoms with van der Waals surface area (Å²) in [7, 11) is 0. The Morgan fingerprint density at radius 2 is 2.14 bits per heavy atom. The number of nitrogens with one attached hydrogen (secondary N) is 1. The third-order valence-electron chi connectivity index (χ3n) is 4.97. The third kappa shape index (κ3) is 3.63. The van der Waals surface area contributed by atoms with Gasteiger partial charge in [-0.2, -0.15) is 0 Å². The van der Waals surface area contributed by atoms with Crippen LogP contribution in [-0.4, -0.2) is 48.6 Å². The highest BCUT2D eigenvalue weighted by Crippen LogP contribution is 2.30. The minimum Gasteiger partial charge on any atom is -0.442 e. The van der Waals surface area contributed by atoms with Crippen LogP contribution >= 0.6 is 0 Å². The molecule has 1 N–H and O–H groups in total. The van der Waals surface area contributed by atoms with Crippen molar-refractivity contribution in [2.75, 3.05) is 29.4 Å². The van der Waals surface area contributed by atoms with Crippen molar-refractivity contribution in [1.82, 2.24) is 10.3 Å². The first-order valence-electron chi connectivity index (χ1n) is 9.21. The van der Waals surface area contributed by atoms with Crippen LogP contribution in [0.1, 0.15) is 22.8 Å². The molecule has 1 saturated heterocycles. The number of halogens is 1. The first-order valence-corrected chi connectivity index (χ1v) is 9.21. The first kappa shape index (κ1) is 18.9. The monoisotopic (exact) mass is 398 g/mol. The Labute approximate surface area is 166 Å². The summed E-state index contributed by atoms with van der Waals surface area (Å²) >= 11 is 0. The van der Waals surface area contributed by atoms with Gasteiger partial charge in [0.15, 0.2) is 0 Å². The van der Waals surface area contributed by atoms with Crippen LogP contribution in [0.25, 0.3) is 0 Å². The minimum absolute atomic E-state index is 0.156. The molecule has 2 aliphatic rings. The fraction of sp³-hybridized carbons (Fsp3) is 0.300. The lowest BCUT2D eigenvalue weighted by molar-refractivity contribution is -0.119. The van der Waals surface area contributed by atoms with Crippen LogP contribution < -0.4 is 15.1 Å². The number of pyridine rings is 1. The Morgan fingerprint density at radius 3 is 2.90 bits per heavy atom. The van der Waals surface area contributed by atoms with Crippen molar-refractivity contribution < 1.29 is 23.5 Å². The highest BCUT2D eigenvalue weighted by molar-refractivity contribution is 6.08. The molecule has 8 nitrogen and oxygen atoms in total. The summed E-state index contributed by atoms with van der Waals surface area (Å²) in [6.45, 7) is 2.10. The molecule has 1 fully saturated rings. The van der Waals surface area contributed by atoms with Crippen molar-refractivity contribution in [3.63, 3.8) is 0 Å². The Hall–Kier alpha value is -3.49. The summed E-state index contributed by atoms with van der Waals surface area (Å²) in [4.78, 5) is 42.6. The largest absolute Gasteiger partial charge is 0.442 e. The van der Waals surface area contributed by atoms with E-state index in [0.29, 0.717) is 24.2 Å². The van der Waals surface area contributed by atoms with Gasteiger partial charge >= 0.3 is 6.09 Å². The van der Waals surface area contributed by atoms with Gasteiger partial charge < -0.3 is 15.0 Å². The Morgan fingerprint density at radius 1 is 1.31 bits per heavy atom. The zero-order chi connectivity index (χ0) is 20.5. The van der Waals surface area contributed by atoms with Gasteiger partial charge in [-0.3, -0.25) is 19.5 Å². The lowest BCUT2D eigenvalue weighted by atomic mass is 10.0. The van der Waals surface area contributed by atoms with E-state index >= 15 is 0 Å². The molecule has 0 aliphatic carbocycles. The molecule has 2 aromatic rings. The average molecular weight is 398 g/mol. The Kier molecular flexibility index (Phi) is 4.87. The summed E-state index contributed by atoms with van der Waals surface area (Å²) in [6, 6.07) is 5.91. The molecule has 1 aromatic carbocycles. The first-order chi connectivity index (χ1) is 13.9. The standard InChI is InChI=1S/C20H19FN4O4/c1-12(26)23-10-15-11-25(20(28)29-15)14-2-3-18(17(21)8-14)24-7-5-13-9-22-6-4-16(13)19(24)27/h2-4,6,8-9,15H,5,7,10-11H2,1H3,(H,23,26)/t15-/m0/s1. The molecule has 3 heterocycles. The molecule has 29 heavy (non-hydrogen) atoms. The molecule has 0 unspecified atom stereocenters. The maximum atomic E-state index is 14.9. The number of hydrogen-bond acceptors (Lipinski definition) is 5. The number of carbonyl (C=O) groups excluding carboxylic acids is 3. The SMILES string of the molecule is CC(=O)NC[C@H]1CN(c2ccc(N3CCc4cnccc4C3=O)c(F)c2)C(=O)O1. The molecule has 0 bridgehead atoms. The maximum Gasteiger partial charge on any atom is 0.414 e. The molecule has 0 spiro atoms. The number of carbonyl (C=O) groups is 3. The number of benzene rings is 1. The number of fused-ring (bicyclic) bond motifs is 1. The number of anilines is 2. The normalized spacial score (nSPS) is 18.5. The van der Waals surface area contributed by atoms with Gasteiger partial charge in [0.2, 0.25) is 5.91 Å². The highest BCUT2D eigenvalue weighted by Gasteiger charge is 2.33. The molecule has 0 saturated carbocycles. The zero-order valence-electron chi connectivity index (χ0n) is 15.7. The summed E-state index contributed by atoms with van der Waals surface area (Å²) in [5.74, 6) is -1.11. The summed E-state index contributed by atoms with van der Waals surface area (Å²) in [5.41, 5.74) is 1.84. The molecule has 150 valence electrons. The number of rotatable bonds is 4. The molecule has 1 aromatic heterocycles. The lowest BCUT2D eigenvalue weighted by Gasteiger charge is -2.29. The van der Waals surface area contributed by atoms with Crippen LogP contribution in [-0.2, 0) is 16.0 Å². The quantitative estimate of drug-likeness (QED) is 0.849. The maximum absolute atomic E-state index is 14.9. The topological polar surface area (TPSA) is 91.8 Å². The van der Waals surface area contributed by atoms with Gasteiger partial charge in [0, 0.05) is 31.4 Å². The van der Waals surface area contributed by atoms with E-state index in [4.69, 9.17) is 4.74 Å². The number of nitrogens with zero attached hydrogens (tertiary/aromatic N) is 3. The summed E-state index contributed by atoms with van der Waals surface area (Å²) in [6.07, 6.45) is 2.65. The van der Waals surface area contributed by atoms with E-state index < -0.39 is 18.0 Å². The molecule has 9 heteroatoms. The van der Waals surface area contributed by atoms with Gasteiger partial charge in [-0.05, 0) is 36.2 Å². The second-order valence-corrected chi connectivity index (χ2v) is 6.93. The van der Waals surface area contributed by atoms with Crippen LogP contribution in [0.5, 0.6) is 0 Å². The van der Waals surface area contributed by atoms with Gasteiger partial charge in [0.25, 0.3) is 5.91 Å². The number of cyclic esters (lactones) is 1. The predicted octanol–water partition coefficient (Wildman–Crippen LogP) is 1.88. The van der Waals surface area contributed by atoms with Gasteiger partial charge in [-0.1, -0.05) is 0 Å². The second kappa shape index (κ2) is 7.50. The molecule has 1 atom stereocenters. The lowest BCUT2D eigenvalue weighted by Crippen LogP contribution is -2.38. The van der Waals surface area contributed by atoms with Crippen molar-refractivity contribution in [2.24, 2.45) is 0 Å². The van der Waals surface area contributed by atoms with Crippen LogP contribution in [0.2, 0.25) is 0 Å². The third-order valence-corrected chi connectivity index (χ3v) is 4.97. The van der Waals surface area contributed by atoms with Gasteiger partial charge in [-0.15, -0.1) is 0 Å². The van der Waals surface area contributed by atoms with Crippen LogP contribution in [0, 0.1) is 5.82 Å². The van der Waals surface area contributed by atoms with E-state index in [1.165, 1.54) is 35.1 Å². The van der Waals surface area contributed by atoms with Crippen LogP contribution in [0.3, 0.4) is 0 Å². The van der Waals surface area contributed by atoms with E-state index in [-0.39, 0.29) is 30.6 Å². The number of hydrogen-bond donors (Lipinski definition) is 1. The highest BCUT2D eigenvalue weighted by atomic mass is 19.1. The van der Waals surface area contributed by atoms with Crippen molar-refractivity contribution >= 4 is 29.3 Å². The Bertz CT molecular complexity index is 996. The molecular formula is C20H19FN4O4.